The monoisotopic (exact) mass is 138 g/mol. The molecular formula is C7H10N2O. The quantitative estimate of drug-likeness (QED) is 0.519. The van der Waals surface area contributed by atoms with Crippen LogP contribution in [0.2, 0.25) is 0 Å². The molecule has 3 nitrogen and oxygen atoms in total. The second kappa shape index (κ2) is 3.15. The molecule has 0 aromatic heterocycles. The van der Waals surface area contributed by atoms with Gasteiger partial charge in [-0.1, -0.05) is 6.08 Å². The molecule has 1 rings (SSSR count). The fourth-order valence-corrected chi connectivity index (χ4v) is 0.769. The Hall–Kier alpha value is -1.12. The van der Waals surface area contributed by atoms with Gasteiger partial charge in [0.1, 0.15) is 5.84 Å². The number of carbonyl (C=O) groups excluding carboxylic acids is 1. The van der Waals surface area contributed by atoms with Crippen LogP contribution in [0.4, 0.5) is 0 Å². The minimum absolute atomic E-state index is 0.0645. The number of amides is 1. The second-order valence-corrected chi connectivity index (χ2v) is 2.14. The van der Waals surface area contributed by atoms with Gasteiger partial charge in [0, 0.05) is 13.5 Å². The van der Waals surface area contributed by atoms with E-state index in [1.807, 2.05) is 12.2 Å². The van der Waals surface area contributed by atoms with Gasteiger partial charge in [-0.05, 0) is 12.5 Å². The number of hydrogen-bond acceptors (Lipinski definition) is 2. The first-order chi connectivity index (χ1) is 4.79. The summed E-state index contributed by atoms with van der Waals surface area (Å²) in [6, 6.07) is 0. The lowest BCUT2D eigenvalue weighted by molar-refractivity contribution is -0.117. The molecule has 0 spiro atoms. The lowest BCUT2D eigenvalue weighted by Crippen LogP contribution is -2.27. The fourth-order valence-electron chi connectivity index (χ4n) is 0.769. The molecule has 1 aliphatic heterocycles. The second-order valence-electron chi connectivity index (χ2n) is 2.14. The largest absolute Gasteiger partial charge is 0.311 e. The van der Waals surface area contributed by atoms with Crippen molar-refractivity contribution in [1.82, 2.24) is 5.32 Å². The maximum absolute atomic E-state index is 10.5. The van der Waals surface area contributed by atoms with E-state index in [0.29, 0.717) is 5.84 Å². The molecule has 0 aliphatic carbocycles. The molecule has 0 saturated heterocycles. The zero-order chi connectivity index (χ0) is 7.40. The van der Waals surface area contributed by atoms with Crippen LogP contribution in [0.25, 0.3) is 0 Å². The Morgan fingerprint density at radius 3 is 3.10 bits per heavy atom. The summed E-state index contributed by atoms with van der Waals surface area (Å²) in [5, 5.41) is 2.61. The number of nitrogens with zero attached hydrogens (tertiary/aromatic N) is 1. The highest BCUT2D eigenvalue weighted by Gasteiger charge is 1.98. The van der Waals surface area contributed by atoms with E-state index < -0.39 is 0 Å². The Kier molecular flexibility index (Phi) is 2.20. The summed E-state index contributed by atoms with van der Waals surface area (Å²) in [5.41, 5.74) is 0. The van der Waals surface area contributed by atoms with Crippen molar-refractivity contribution in [3.63, 3.8) is 0 Å². The number of nitrogens with one attached hydrogen (secondary N) is 1. The van der Waals surface area contributed by atoms with Crippen molar-refractivity contribution in [3.8, 4) is 0 Å². The van der Waals surface area contributed by atoms with Crippen LogP contribution < -0.4 is 5.32 Å². The number of rotatable bonds is 0. The van der Waals surface area contributed by atoms with Crippen LogP contribution in [0.1, 0.15) is 13.3 Å². The van der Waals surface area contributed by atoms with Crippen molar-refractivity contribution in [1.29, 1.82) is 0 Å². The summed E-state index contributed by atoms with van der Waals surface area (Å²) in [6.07, 6.45) is 4.80. The third-order valence-corrected chi connectivity index (χ3v) is 1.16. The van der Waals surface area contributed by atoms with Gasteiger partial charge in [0.05, 0.1) is 0 Å². The van der Waals surface area contributed by atoms with Crippen molar-refractivity contribution in [2.75, 3.05) is 6.54 Å². The van der Waals surface area contributed by atoms with Crippen molar-refractivity contribution in [3.05, 3.63) is 12.2 Å². The van der Waals surface area contributed by atoms with Crippen molar-refractivity contribution in [2.24, 2.45) is 4.99 Å². The van der Waals surface area contributed by atoms with Gasteiger partial charge in [0.2, 0.25) is 5.91 Å². The lowest BCUT2D eigenvalue weighted by Gasteiger charge is -2.04. The normalized spacial score (nSPS) is 16.3. The van der Waals surface area contributed by atoms with Crippen molar-refractivity contribution in [2.45, 2.75) is 13.3 Å². The smallest absolute Gasteiger partial charge is 0.222 e. The first-order valence-electron chi connectivity index (χ1n) is 3.27. The summed E-state index contributed by atoms with van der Waals surface area (Å²) in [6.45, 7) is 2.26. The first kappa shape index (κ1) is 6.99. The third-order valence-electron chi connectivity index (χ3n) is 1.16. The Morgan fingerprint density at radius 1 is 1.80 bits per heavy atom. The third kappa shape index (κ3) is 2.01. The van der Waals surface area contributed by atoms with Gasteiger partial charge in [0.15, 0.2) is 0 Å². The highest BCUT2D eigenvalue weighted by atomic mass is 16.1. The zero-order valence-electron chi connectivity index (χ0n) is 5.92. The Balaban J connectivity index is 2.48. The van der Waals surface area contributed by atoms with Crippen LogP contribution in [0.5, 0.6) is 0 Å². The molecule has 1 heterocycles. The number of aliphatic imine (C=N–C) groups is 1. The van der Waals surface area contributed by atoms with Crippen LogP contribution >= 0.6 is 0 Å². The number of carbonyl (C=O) groups is 1. The Labute approximate surface area is 59.8 Å². The molecule has 10 heavy (non-hydrogen) atoms. The maximum Gasteiger partial charge on any atom is 0.222 e. The van der Waals surface area contributed by atoms with E-state index in [2.05, 4.69) is 10.3 Å². The summed E-state index contributed by atoms with van der Waals surface area (Å²) in [7, 11) is 0. The minimum Gasteiger partial charge on any atom is -0.311 e. The molecule has 1 N–H and O–H groups in total. The van der Waals surface area contributed by atoms with Crippen LogP contribution in [0.3, 0.4) is 0 Å². The number of dihydropyridines is 1. The molecule has 0 unspecified atom stereocenters. The van der Waals surface area contributed by atoms with E-state index in [0.717, 1.165) is 13.0 Å². The zero-order valence-corrected chi connectivity index (χ0v) is 5.92. The summed E-state index contributed by atoms with van der Waals surface area (Å²) in [4.78, 5) is 14.6. The highest BCUT2D eigenvalue weighted by molar-refractivity contribution is 6.03. The van der Waals surface area contributed by atoms with Gasteiger partial charge in [-0.3, -0.25) is 9.79 Å². The van der Waals surface area contributed by atoms with Gasteiger partial charge >= 0.3 is 0 Å². The minimum atomic E-state index is -0.0645. The van der Waals surface area contributed by atoms with E-state index in [1.54, 1.807) is 0 Å². The molecule has 0 aromatic rings. The standard InChI is InChI=1S/C7H10N2O/c1-6(10)9-7-4-2-3-5-8-7/h2,4H,3,5H2,1H3,(H,8,9,10). The summed E-state index contributed by atoms with van der Waals surface area (Å²) in [5.74, 6) is 0.615. The predicted molar refractivity (Wildman–Crippen MR) is 39.9 cm³/mol. The molecular weight excluding hydrogens is 128 g/mol. The Morgan fingerprint density at radius 2 is 2.60 bits per heavy atom. The van der Waals surface area contributed by atoms with Crippen LogP contribution in [-0.2, 0) is 4.79 Å². The molecule has 0 bridgehead atoms. The molecule has 54 valence electrons. The van der Waals surface area contributed by atoms with Crippen LogP contribution in [0.15, 0.2) is 17.1 Å². The lowest BCUT2D eigenvalue weighted by atomic mass is 10.3. The van der Waals surface area contributed by atoms with Gasteiger partial charge < -0.3 is 5.32 Å². The van der Waals surface area contributed by atoms with E-state index >= 15 is 0 Å². The molecule has 1 aliphatic rings. The van der Waals surface area contributed by atoms with E-state index in [4.69, 9.17) is 0 Å². The molecule has 3 heteroatoms. The first-order valence-corrected chi connectivity index (χ1v) is 3.27. The molecule has 0 atom stereocenters. The van der Waals surface area contributed by atoms with Crippen molar-refractivity contribution >= 4 is 11.7 Å². The molecule has 0 radical (unpaired) electrons. The SMILES string of the molecule is CC(=O)NC1=NCCC=C1. The van der Waals surface area contributed by atoms with Crippen LogP contribution in [-0.4, -0.2) is 18.3 Å². The van der Waals surface area contributed by atoms with Crippen LogP contribution in [0, 0.1) is 0 Å². The number of amidine groups is 1. The topological polar surface area (TPSA) is 41.5 Å². The van der Waals surface area contributed by atoms with Crippen molar-refractivity contribution < 1.29 is 4.79 Å². The van der Waals surface area contributed by atoms with E-state index in [9.17, 15) is 4.79 Å². The van der Waals surface area contributed by atoms with Gasteiger partial charge in [0.25, 0.3) is 0 Å². The van der Waals surface area contributed by atoms with Gasteiger partial charge in [-0.25, -0.2) is 0 Å². The molecule has 1 amide bonds. The molecule has 0 aromatic carbocycles. The van der Waals surface area contributed by atoms with E-state index in [-0.39, 0.29) is 5.91 Å². The summed E-state index contributed by atoms with van der Waals surface area (Å²) >= 11 is 0. The highest BCUT2D eigenvalue weighted by Crippen LogP contribution is 1.93. The molecule has 0 fully saturated rings. The Bertz CT molecular complexity index is 194. The summed E-state index contributed by atoms with van der Waals surface area (Å²) < 4.78 is 0. The van der Waals surface area contributed by atoms with E-state index in [1.165, 1.54) is 6.92 Å². The maximum atomic E-state index is 10.5. The van der Waals surface area contributed by atoms with Gasteiger partial charge in [-0.2, -0.15) is 0 Å². The average molecular weight is 138 g/mol. The average Bonchev–Trinajstić information content (AvgIpc) is 1.88. The number of hydrogen-bond donors (Lipinski definition) is 1. The predicted octanol–water partition coefficient (Wildman–Crippen LogP) is 0.481. The van der Waals surface area contributed by atoms with Gasteiger partial charge in [-0.15, -0.1) is 0 Å². The molecule has 0 saturated carbocycles. The fraction of sp³-hybridized carbons (Fsp3) is 0.429.